The fourth-order valence-corrected chi connectivity index (χ4v) is 3.90. The van der Waals surface area contributed by atoms with Gasteiger partial charge in [0.1, 0.15) is 5.75 Å². The number of aromatic nitrogens is 2. The summed E-state index contributed by atoms with van der Waals surface area (Å²) in [6.07, 6.45) is 2.65. The third-order valence-corrected chi connectivity index (χ3v) is 5.76. The van der Waals surface area contributed by atoms with Gasteiger partial charge in [-0.1, -0.05) is 12.1 Å². The molecule has 1 aliphatic rings. The summed E-state index contributed by atoms with van der Waals surface area (Å²) in [5.74, 6) is 0.767. The Balaban J connectivity index is 1.77. The molecule has 0 aliphatic carbocycles. The molecule has 158 valence electrons. The molecule has 1 amide bonds. The van der Waals surface area contributed by atoms with Crippen molar-refractivity contribution >= 4 is 17.2 Å². The fraction of sp³-hybridized carbons (Fsp3) is 0.391. The van der Waals surface area contributed by atoms with Crippen molar-refractivity contribution in [2.45, 2.75) is 33.2 Å². The van der Waals surface area contributed by atoms with Crippen LogP contribution in [0.2, 0.25) is 0 Å². The standard InChI is InChI=1S/C23H28N4O3/c1-14-5-6-18-19(7-10-30-21(18)11-14)25-20-12-17(23(29)26(4)8-9-28)13-27-16(3)15(2)24-22(20)27/h5-6,11-13,19,25,28H,7-10H2,1-4H3. The molecule has 30 heavy (non-hydrogen) atoms. The molecule has 7 heteroatoms. The van der Waals surface area contributed by atoms with E-state index in [2.05, 4.69) is 30.4 Å². The van der Waals surface area contributed by atoms with Crippen molar-refractivity contribution in [2.24, 2.45) is 0 Å². The van der Waals surface area contributed by atoms with Crippen LogP contribution in [0.15, 0.2) is 30.5 Å². The van der Waals surface area contributed by atoms with Gasteiger partial charge in [0.15, 0.2) is 5.65 Å². The van der Waals surface area contributed by atoms with E-state index in [0.717, 1.165) is 46.0 Å². The number of aliphatic hydroxyl groups excluding tert-OH is 1. The summed E-state index contributed by atoms with van der Waals surface area (Å²) >= 11 is 0. The lowest BCUT2D eigenvalue weighted by Gasteiger charge is -2.28. The minimum Gasteiger partial charge on any atom is -0.493 e. The van der Waals surface area contributed by atoms with Crippen molar-refractivity contribution in [3.63, 3.8) is 0 Å². The minimum absolute atomic E-state index is 0.0657. The van der Waals surface area contributed by atoms with E-state index in [1.165, 1.54) is 4.90 Å². The largest absolute Gasteiger partial charge is 0.493 e. The molecule has 1 unspecified atom stereocenters. The molecular weight excluding hydrogens is 380 g/mol. The van der Waals surface area contributed by atoms with Gasteiger partial charge in [0.25, 0.3) is 5.91 Å². The van der Waals surface area contributed by atoms with Crippen LogP contribution in [0.4, 0.5) is 5.69 Å². The SMILES string of the molecule is Cc1ccc2c(c1)OCCC2Nc1cc(C(=O)N(C)CCO)cn2c(C)c(C)nc12. The summed E-state index contributed by atoms with van der Waals surface area (Å²) in [5, 5.41) is 12.8. The summed E-state index contributed by atoms with van der Waals surface area (Å²) in [6, 6.07) is 8.18. The number of fused-ring (bicyclic) bond motifs is 2. The number of carbonyl (C=O) groups is 1. The number of pyridine rings is 1. The van der Waals surface area contributed by atoms with Crippen LogP contribution in [0.25, 0.3) is 5.65 Å². The van der Waals surface area contributed by atoms with E-state index in [1.54, 1.807) is 7.05 Å². The van der Waals surface area contributed by atoms with Crippen molar-refractivity contribution in [3.8, 4) is 5.75 Å². The maximum absolute atomic E-state index is 12.9. The van der Waals surface area contributed by atoms with Gasteiger partial charge in [-0.15, -0.1) is 0 Å². The zero-order valence-corrected chi connectivity index (χ0v) is 17.9. The zero-order chi connectivity index (χ0) is 21.4. The second-order valence-electron chi connectivity index (χ2n) is 7.94. The van der Waals surface area contributed by atoms with Gasteiger partial charge in [-0.2, -0.15) is 0 Å². The number of imidazole rings is 1. The van der Waals surface area contributed by atoms with Crippen LogP contribution >= 0.6 is 0 Å². The Kier molecular flexibility index (Phi) is 5.39. The van der Waals surface area contributed by atoms with E-state index in [9.17, 15) is 9.90 Å². The Morgan fingerprint density at radius 2 is 2.13 bits per heavy atom. The number of carbonyl (C=O) groups excluding carboxylic acids is 1. The van der Waals surface area contributed by atoms with Gasteiger partial charge in [-0.05, 0) is 38.5 Å². The third kappa shape index (κ3) is 3.61. The second-order valence-corrected chi connectivity index (χ2v) is 7.94. The molecule has 1 aromatic carbocycles. The first-order chi connectivity index (χ1) is 14.4. The summed E-state index contributed by atoms with van der Waals surface area (Å²) in [7, 11) is 1.69. The van der Waals surface area contributed by atoms with Gasteiger partial charge in [-0.3, -0.25) is 4.79 Å². The van der Waals surface area contributed by atoms with Crippen LogP contribution in [-0.4, -0.2) is 52.1 Å². The monoisotopic (exact) mass is 408 g/mol. The van der Waals surface area contributed by atoms with Crippen LogP contribution in [0.5, 0.6) is 5.75 Å². The van der Waals surface area contributed by atoms with Crippen molar-refractivity contribution < 1.29 is 14.6 Å². The number of hydrogen-bond acceptors (Lipinski definition) is 5. The molecular formula is C23H28N4O3. The molecule has 2 N–H and O–H groups in total. The number of anilines is 1. The summed E-state index contributed by atoms with van der Waals surface area (Å²) in [4.78, 5) is 19.2. The molecule has 1 atom stereocenters. The predicted molar refractivity (Wildman–Crippen MR) is 116 cm³/mol. The van der Waals surface area contributed by atoms with Crippen molar-refractivity contribution in [1.82, 2.24) is 14.3 Å². The smallest absolute Gasteiger partial charge is 0.255 e. The third-order valence-electron chi connectivity index (χ3n) is 5.76. The average Bonchev–Trinajstić information content (AvgIpc) is 3.02. The number of amides is 1. The van der Waals surface area contributed by atoms with Crippen LogP contribution < -0.4 is 10.1 Å². The first-order valence-corrected chi connectivity index (χ1v) is 10.2. The van der Waals surface area contributed by atoms with Gasteiger partial charge in [0.2, 0.25) is 0 Å². The van der Waals surface area contributed by atoms with E-state index in [0.29, 0.717) is 12.2 Å². The Bertz CT molecular complexity index is 1110. The van der Waals surface area contributed by atoms with Gasteiger partial charge >= 0.3 is 0 Å². The van der Waals surface area contributed by atoms with Gasteiger partial charge in [0, 0.05) is 37.5 Å². The van der Waals surface area contributed by atoms with Crippen LogP contribution in [0.1, 0.15) is 45.3 Å². The van der Waals surface area contributed by atoms with Gasteiger partial charge < -0.3 is 24.5 Å². The normalized spacial score (nSPS) is 15.6. The molecule has 3 aromatic rings. The second kappa shape index (κ2) is 7.99. The molecule has 0 bridgehead atoms. The highest BCUT2D eigenvalue weighted by molar-refractivity contribution is 5.96. The Labute approximate surface area is 176 Å². The maximum atomic E-state index is 12.9. The number of rotatable bonds is 5. The van der Waals surface area contributed by atoms with Crippen LogP contribution in [0.3, 0.4) is 0 Å². The quantitative estimate of drug-likeness (QED) is 0.678. The fourth-order valence-electron chi connectivity index (χ4n) is 3.90. The number of nitrogens with one attached hydrogen (secondary N) is 1. The highest BCUT2D eigenvalue weighted by Gasteiger charge is 2.24. The summed E-state index contributed by atoms with van der Waals surface area (Å²) in [6.45, 7) is 6.87. The van der Waals surface area contributed by atoms with Gasteiger partial charge in [-0.25, -0.2) is 4.98 Å². The number of aliphatic hydroxyl groups is 1. The molecule has 2 aromatic heterocycles. The molecule has 1 aliphatic heterocycles. The van der Waals surface area contributed by atoms with Crippen molar-refractivity contribution in [2.75, 3.05) is 32.1 Å². The lowest BCUT2D eigenvalue weighted by atomic mass is 9.98. The molecule has 7 nitrogen and oxygen atoms in total. The first-order valence-electron chi connectivity index (χ1n) is 10.2. The van der Waals surface area contributed by atoms with E-state index in [4.69, 9.17) is 9.72 Å². The zero-order valence-electron chi connectivity index (χ0n) is 17.9. The van der Waals surface area contributed by atoms with E-state index in [1.807, 2.05) is 30.5 Å². The molecule has 0 saturated carbocycles. The molecule has 0 spiro atoms. The summed E-state index contributed by atoms with van der Waals surface area (Å²) in [5.41, 5.74) is 6.36. The van der Waals surface area contributed by atoms with Crippen LogP contribution in [0, 0.1) is 20.8 Å². The van der Waals surface area contributed by atoms with Crippen molar-refractivity contribution in [1.29, 1.82) is 0 Å². The van der Waals surface area contributed by atoms with E-state index < -0.39 is 0 Å². The maximum Gasteiger partial charge on any atom is 0.255 e. The molecule has 0 saturated heterocycles. The van der Waals surface area contributed by atoms with Gasteiger partial charge in [0.05, 0.1) is 36.2 Å². The highest BCUT2D eigenvalue weighted by Crippen LogP contribution is 2.36. The first kappa shape index (κ1) is 20.2. The van der Waals surface area contributed by atoms with E-state index in [-0.39, 0.29) is 25.1 Å². The highest BCUT2D eigenvalue weighted by atomic mass is 16.5. The lowest BCUT2D eigenvalue weighted by Crippen LogP contribution is -2.30. The number of ether oxygens (including phenoxy) is 1. The minimum atomic E-state index is -0.136. The predicted octanol–water partition coefficient (Wildman–Crippen LogP) is 3.26. The number of likely N-dealkylation sites (N-methyl/N-ethyl adjacent to an activating group) is 1. The molecule has 4 rings (SSSR count). The number of nitrogens with zero attached hydrogens (tertiary/aromatic N) is 3. The average molecular weight is 409 g/mol. The molecule has 3 heterocycles. The van der Waals surface area contributed by atoms with E-state index >= 15 is 0 Å². The van der Waals surface area contributed by atoms with Crippen molar-refractivity contribution in [3.05, 3.63) is 58.5 Å². The van der Waals surface area contributed by atoms with Crippen LogP contribution in [-0.2, 0) is 0 Å². The summed E-state index contributed by atoms with van der Waals surface area (Å²) < 4.78 is 7.82. The Morgan fingerprint density at radius 3 is 2.90 bits per heavy atom. The Hall–Kier alpha value is -3.06. The molecule has 0 fully saturated rings. The number of benzene rings is 1. The number of hydrogen-bond donors (Lipinski definition) is 2. The Morgan fingerprint density at radius 1 is 1.33 bits per heavy atom. The lowest BCUT2D eigenvalue weighted by molar-refractivity contribution is 0.0766. The topological polar surface area (TPSA) is 79.1 Å². The molecule has 0 radical (unpaired) electrons. The number of aryl methyl sites for hydroxylation is 3.